The third-order valence-corrected chi connectivity index (χ3v) is 5.75. The van der Waals surface area contributed by atoms with Crippen LogP contribution in [0.15, 0.2) is 29.2 Å². The molecule has 25 heavy (non-hydrogen) atoms. The van der Waals surface area contributed by atoms with E-state index in [1.807, 2.05) is 6.92 Å². The maximum atomic E-state index is 12.7. The smallest absolute Gasteiger partial charge is 0.245 e. The zero-order chi connectivity index (χ0) is 18.4. The maximum Gasteiger partial charge on any atom is 0.245 e. The summed E-state index contributed by atoms with van der Waals surface area (Å²) >= 11 is 1.72. The molecule has 0 bridgehead atoms. The predicted octanol–water partition coefficient (Wildman–Crippen LogP) is 3.49. The summed E-state index contributed by atoms with van der Waals surface area (Å²) in [6.45, 7) is 7.44. The van der Waals surface area contributed by atoms with Crippen molar-refractivity contribution in [3.8, 4) is 0 Å². The lowest BCUT2D eigenvalue weighted by Gasteiger charge is -2.34. The highest BCUT2D eigenvalue weighted by atomic mass is 32.2. The van der Waals surface area contributed by atoms with Gasteiger partial charge in [0.15, 0.2) is 0 Å². The number of hydrogen-bond acceptors (Lipinski definition) is 3. The summed E-state index contributed by atoms with van der Waals surface area (Å²) in [7, 11) is 0. The summed E-state index contributed by atoms with van der Waals surface area (Å²) in [4.78, 5) is 28.0. The fourth-order valence-electron chi connectivity index (χ4n) is 3.20. The molecule has 0 radical (unpaired) electrons. The Labute approximate surface area is 155 Å². The van der Waals surface area contributed by atoms with Gasteiger partial charge in [-0.05, 0) is 56.1 Å². The van der Waals surface area contributed by atoms with Crippen LogP contribution in [0.1, 0.15) is 45.6 Å². The molecule has 5 heteroatoms. The second kappa shape index (κ2) is 8.75. The second-order valence-corrected chi connectivity index (χ2v) is 8.24. The summed E-state index contributed by atoms with van der Waals surface area (Å²) in [5.74, 6) is 0.623. The molecule has 2 amide bonds. The van der Waals surface area contributed by atoms with Gasteiger partial charge >= 0.3 is 0 Å². The number of likely N-dealkylation sites (tertiary alicyclic amines) is 1. The molecule has 1 heterocycles. The topological polar surface area (TPSA) is 49.4 Å². The highest BCUT2D eigenvalue weighted by Gasteiger charge is 2.46. The van der Waals surface area contributed by atoms with Crippen LogP contribution in [0.25, 0.3) is 0 Å². The summed E-state index contributed by atoms with van der Waals surface area (Å²) in [6.07, 6.45) is 4.85. The van der Waals surface area contributed by atoms with E-state index in [1.54, 1.807) is 16.7 Å². The summed E-state index contributed by atoms with van der Waals surface area (Å²) in [5, 5.41) is 3.02. The van der Waals surface area contributed by atoms with E-state index in [1.165, 1.54) is 10.5 Å². The first-order chi connectivity index (χ1) is 11.9. The standard InChI is InChI=1S/C20H30N2O2S/c1-15(2)10-13-21-19(24)20(3)12-9-18(23)22(20)14-11-16-5-7-17(25-4)8-6-16/h5-8,15H,9-14H2,1-4H3,(H,21,24)/t20-/m0/s1. The number of rotatable bonds is 8. The molecule has 1 fully saturated rings. The van der Waals surface area contributed by atoms with Crippen LogP contribution in [0.2, 0.25) is 0 Å². The number of carbonyl (C=O) groups is 2. The molecule has 1 aromatic rings. The lowest BCUT2D eigenvalue weighted by Crippen LogP contribution is -2.55. The van der Waals surface area contributed by atoms with E-state index in [4.69, 9.17) is 0 Å². The van der Waals surface area contributed by atoms with Crippen LogP contribution < -0.4 is 5.32 Å². The quantitative estimate of drug-likeness (QED) is 0.720. The van der Waals surface area contributed by atoms with Crippen LogP contribution in [0, 0.1) is 5.92 Å². The van der Waals surface area contributed by atoms with Crippen LogP contribution in [0.3, 0.4) is 0 Å². The first-order valence-electron chi connectivity index (χ1n) is 9.08. The number of nitrogens with zero attached hydrogens (tertiary/aromatic N) is 1. The van der Waals surface area contributed by atoms with Gasteiger partial charge in [-0.25, -0.2) is 0 Å². The van der Waals surface area contributed by atoms with E-state index in [0.29, 0.717) is 31.8 Å². The molecule has 1 aliphatic heterocycles. The molecule has 1 aliphatic rings. The number of nitrogens with one attached hydrogen (secondary N) is 1. The van der Waals surface area contributed by atoms with Gasteiger partial charge in [0, 0.05) is 24.4 Å². The third-order valence-electron chi connectivity index (χ3n) is 5.00. The van der Waals surface area contributed by atoms with Gasteiger partial charge in [0.2, 0.25) is 11.8 Å². The van der Waals surface area contributed by atoms with E-state index in [2.05, 4.69) is 49.7 Å². The first-order valence-corrected chi connectivity index (χ1v) is 10.3. The fraction of sp³-hybridized carbons (Fsp3) is 0.600. The van der Waals surface area contributed by atoms with Gasteiger partial charge in [-0.1, -0.05) is 26.0 Å². The number of amides is 2. The molecule has 2 rings (SSSR count). The molecule has 0 aromatic heterocycles. The normalized spacial score (nSPS) is 20.4. The van der Waals surface area contributed by atoms with Crippen LogP contribution in [0.4, 0.5) is 0 Å². The van der Waals surface area contributed by atoms with Gasteiger partial charge in [0.25, 0.3) is 0 Å². The zero-order valence-electron chi connectivity index (χ0n) is 15.8. The van der Waals surface area contributed by atoms with Gasteiger partial charge in [0.05, 0.1) is 0 Å². The summed E-state index contributed by atoms with van der Waals surface area (Å²) in [5.41, 5.74) is 0.479. The van der Waals surface area contributed by atoms with Crippen molar-refractivity contribution in [2.24, 2.45) is 5.92 Å². The Bertz CT molecular complexity index is 600. The molecule has 1 saturated heterocycles. The van der Waals surface area contributed by atoms with E-state index >= 15 is 0 Å². The van der Waals surface area contributed by atoms with Crippen molar-refractivity contribution in [1.29, 1.82) is 0 Å². The average Bonchev–Trinajstić information content (AvgIpc) is 2.89. The molecule has 4 nitrogen and oxygen atoms in total. The minimum absolute atomic E-state index is 0.0169. The van der Waals surface area contributed by atoms with Crippen LogP contribution in [-0.2, 0) is 16.0 Å². The predicted molar refractivity (Wildman–Crippen MR) is 104 cm³/mol. The minimum Gasteiger partial charge on any atom is -0.354 e. The van der Waals surface area contributed by atoms with Crippen molar-refractivity contribution < 1.29 is 9.59 Å². The van der Waals surface area contributed by atoms with Gasteiger partial charge in [-0.3, -0.25) is 9.59 Å². The molecular formula is C20H30N2O2S. The Morgan fingerprint density at radius 1 is 1.32 bits per heavy atom. The van der Waals surface area contributed by atoms with E-state index in [9.17, 15) is 9.59 Å². The summed E-state index contributed by atoms with van der Waals surface area (Å²) in [6, 6.07) is 8.41. The molecule has 1 N–H and O–H groups in total. The van der Waals surface area contributed by atoms with Crippen LogP contribution in [-0.4, -0.2) is 41.6 Å². The Morgan fingerprint density at radius 3 is 2.60 bits per heavy atom. The first kappa shape index (κ1) is 19.8. The van der Waals surface area contributed by atoms with Crippen molar-refractivity contribution in [2.75, 3.05) is 19.3 Å². The minimum atomic E-state index is -0.715. The van der Waals surface area contributed by atoms with E-state index < -0.39 is 5.54 Å². The van der Waals surface area contributed by atoms with Gasteiger partial charge < -0.3 is 10.2 Å². The van der Waals surface area contributed by atoms with Crippen molar-refractivity contribution in [2.45, 2.75) is 56.9 Å². The Hall–Kier alpha value is -1.49. The van der Waals surface area contributed by atoms with Crippen molar-refractivity contribution >= 4 is 23.6 Å². The van der Waals surface area contributed by atoms with Crippen molar-refractivity contribution in [3.63, 3.8) is 0 Å². The number of thioether (sulfide) groups is 1. The zero-order valence-corrected chi connectivity index (χ0v) is 16.6. The highest BCUT2D eigenvalue weighted by molar-refractivity contribution is 7.98. The molecular weight excluding hydrogens is 332 g/mol. The average molecular weight is 363 g/mol. The molecule has 0 unspecified atom stereocenters. The fourth-order valence-corrected chi connectivity index (χ4v) is 3.61. The third kappa shape index (κ3) is 5.00. The number of hydrogen-bond donors (Lipinski definition) is 1. The Morgan fingerprint density at radius 2 is 2.00 bits per heavy atom. The largest absolute Gasteiger partial charge is 0.354 e. The molecule has 0 aliphatic carbocycles. The number of benzene rings is 1. The lowest BCUT2D eigenvalue weighted by molar-refractivity contribution is -0.140. The lowest BCUT2D eigenvalue weighted by atomic mass is 9.97. The van der Waals surface area contributed by atoms with Crippen molar-refractivity contribution in [1.82, 2.24) is 10.2 Å². The highest BCUT2D eigenvalue weighted by Crippen LogP contribution is 2.30. The summed E-state index contributed by atoms with van der Waals surface area (Å²) < 4.78 is 0. The molecule has 1 aromatic carbocycles. The van der Waals surface area contributed by atoms with Crippen LogP contribution in [0.5, 0.6) is 0 Å². The Kier molecular flexibility index (Phi) is 6.94. The molecule has 1 atom stereocenters. The number of carbonyl (C=O) groups excluding carboxylic acids is 2. The Balaban J connectivity index is 1.98. The van der Waals surface area contributed by atoms with Gasteiger partial charge in [0.1, 0.15) is 5.54 Å². The monoisotopic (exact) mass is 362 g/mol. The maximum absolute atomic E-state index is 12.7. The van der Waals surface area contributed by atoms with Crippen LogP contribution >= 0.6 is 11.8 Å². The van der Waals surface area contributed by atoms with Gasteiger partial charge in [-0.15, -0.1) is 11.8 Å². The SMILES string of the molecule is CSc1ccc(CCN2C(=O)CC[C@@]2(C)C(=O)NCCC(C)C)cc1. The van der Waals surface area contributed by atoms with E-state index in [-0.39, 0.29) is 11.8 Å². The van der Waals surface area contributed by atoms with Crippen molar-refractivity contribution in [3.05, 3.63) is 29.8 Å². The van der Waals surface area contributed by atoms with E-state index in [0.717, 1.165) is 12.8 Å². The molecule has 138 valence electrons. The second-order valence-electron chi connectivity index (χ2n) is 7.36. The molecule has 0 spiro atoms. The van der Waals surface area contributed by atoms with Gasteiger partial charge in [-0.2, -0.15) is 0 Å². The molecule has 0 saturated carbocycles.